The van der Waals surface area contributed by atoms with Crippen LogP contribution in [0.25, 0.3) is 0 Å². The Bertz CT molecular complexity index is 196. The summed E-state index contributed by atoms with van der Waals surface area (Å²) in [6.07, 6.45) is 3.02. The number of amides is 1. The van der Waals surface area contributed by atoms with Crippen molar-refractivity contribution in [3.63, 3.8) is 0 Å². The molecule has 2 atom stereocenters. The summed E-state index contributed by atoms with van der Waals surface area (Å²) in [5.41, 5.74) is 2.18. The maximum Gasteiger partial charge on any atom is 0.235 e. The number of carbonyl (C=O) groups is 1. The van der Waals surface area contributed by atoms with E-state index in [1.807, 2.05) is 0 Å². The van der Waals surface area contributed by atoms with Crippen LogP contribution in [-0.2, 0) is 4.79 Å². The molecule has 1 saturated heterocycles. The van der Waals surface area contributed by atoms with Gasteiger partial charge in [0.2, 0.25) is 5.91 Å². The summed E-state index contributed by atoms with van der Waals surface area (Å²) in [5.74, 6) is 5.80. The predicted molar refractivity (Wildman–Crippen MR) is 56.4 cm³/mol. The summed E-state index contributed by atoms with van der Waals surface area (Å²) < 4.78 is 0. The number of hydrogen-bond acceptors (Lipinski definition) is 3. The average Bonchev–Trinajstić information content (AvgIpc) is 2.65. The second-order valence-electron chi connectivity index (χ2n) is 4.18. The Morgan fingerprint density at radius 2 is 2.43 bits per heavy atom. The molecule has 82 valence electrons. The second kappa shape index (κ2) is 5.32. The summed E-state index contributed by atoms with van der Waals surface area (Å²) >= 11 is 0. The third-order valence-corrected chi connectivity index (χ3v) is 3.16. The molecule has 1 rings (SSSR count). The largest absolute Gasteiger partial charge is 0.300 e. The van der Waals surface area contributed by atoms with E-state index < -0.39 is 0 Å². The van der Waals surface area contributed by atoms with Gasteiger partial charge >= 0.3 is 0 Å². The number of nitrogens with one attached hydrogen (secondary N) is 1. The van der Waals surface area contributed by atoms with Crippen LogP contribution in [0, 0.1) is 5.92 Å². The zero-order valence-electron chi connectivity index (χ0n) is 9.12. The van der Waals surface area contributed by atoms with Crippen LogP contribution in [0.15, 0.2) is 0 Å². The third-order valence-electron chi connectivity index (χ3n) is 3.16. The van der Waals surface area contributed by atoms with Crippen LogP contribution in [0.5, 0.6) is 0 Å². The van der Waals surface area contributed by atoms with Crippen molar-refractivity contribution in [1.82, 2.24) is 10.3 Å². The lowest BCUT2D eigenvalue weighted by molar-refractivity contribution is -0.122. The SMILES string of the molecule is CCC1CCN(C(C)CC(=O)NN)C1. The van der Waals surface area contributed by atoms with Gasteiger partial charge in [0.15, 0.2) is 0 Å². The first-order valence-electron chi connectivity index (χ1n) is 5.40. The van der Waals surface area contributed by atoms with Gasteiger partial charge in [-0.2, -0.15) is 0 Å². The van der Waals surface area contributed by atoms with Gasteiger partial charge in [0.05, 0.1) is 0 Å². The van der Waals surface area contributed by atoms with Crippen molar-refractivity contribution in [3.8, 4) is 0 Å². The molecule has 4 heteroatoms. The molecule has 3 N–H and O–H groups in total. The Balaban J connectivity index is 2.31. The summed E-state index contributed by atoms with van der Waals surface area (Å²) in [4.78, 5) is 13.4. The molecule has 1 aliphatic rings. The molecule has 2 unspecified atom stereocenters. The van der Waals surface area contributed by atoms with Crippen LogP contribution >= 0.6 is 0 Å². The third kappa shape index (κ3) is 2.96. The highest BCUT2D eigenvalue weighted by Crippen LogP contribution is 2.21. The molecule has 1 heterocycles. The fraction of sp³-hybridized carbons (Fsp3) is 0.900. The molecule has 0 aromatic carbocycles. The zero-order valence-corrected chi connectivity index (χ0v) is 9.12. The lowest BCUT2D eigenvalue weighted by Gasteiger charge is -2.23. The molecule has 0 aliphatic carbocycles. The Kier molecular flexibility index (Phi) is 4.35. The summed E-state index contributed by atoms with van der Waals surface area (Å²) in [5, 5.41) is 0. The van der Waals surface area contributed by atoms with Crippen LogP contribution in [0.4, 0.5) is 0 Å². The number of hydrazine groups is 1. The molecule has 0 aromatic heterocycles. The van der Waals surface area contributed by atoms with Crippen LogP contribution in [0.2, 0.25) is 0 Å². The van der Waals surface area contributed by atoms with E-state index in [0.29, 0.717) is 12.5 Å². The predicted octanol–water partition coefficient (Wildman–Crippen LogP) is 0.487. The number of rotatable bonds is 4. The average molecular weight is 199 g/mol. The monoisotopic (exact) mass is 199 g/mol. The highest BCUT2D eigenvalue weighted by atomic mass is 16.2. The van der Waals surface area contributed by atoms with E-state index in [0.717, 1.165) is 19.0 Å². The van der Waals surface area contributed by atoms with Gasteiger partial charge < -0.3 is 0 Å². The van der Waals surface area contributed by atoms with Gasteiger partial charge in [-0.25, -0.2) is 5.84 Å². The topological polar surface area (TPSA) is 58.4 Å². The zero-order chi connectivity index (χ0) is 10.6. The van der Waals surface area contributed by atoms with Gasteiger partial charge in [0, 0.05) is 19.0 Å². The van der Waals surface area contributed by atoms with Crippen molar-refractivity contribution < 1.29 is 4.79 Å². The van der Waals surface area contributed by atoms with Gasteiger partial charge in [-0.15, -0.1) is 0 Å². The lowest BCUT2D eigenvalue weighted by Crippen LogP contribution is -2.38. The number of nitrogens with two attached hydrogens (primary N) is 1. The summed E-state index contributed by atoms with van der Waals surface area (Å²) in [6, 6.07) is 0.315. The highest BCUT2D eigenvalue weighted by molar-refractivity contribution is 5.75. The molecule has 1 amide bonds. The molecule has 0 radical (unpaired) electrons. The van der Waals surface area contributed by atoms with Gasteiger partial charge in [-0.05, 0) is 25.8 Å². The number of nitrogens with zero attached hydrogens (tertiary/aromatic N) is 1. The molecule has 0 spiro atoms. The van der Waals surface area contributed by atoms with Crippen LogP contribution in [0.3, 0.4) is 0 Å². The molecule has 0 saturated carbocycles. The van der Waals surface area contributed by atoms with Crippen LogP contribution in [0.1, 0.15) is 33.1 Å². The number of likely N-dealkylation sites (tertiary alicyclic amines) is 1. The van der Waals surface area contributed by atoms with E-state index in [2.05, 4.69) is 24.2 Å². The van der Waals surface area contributed by atoms with E-state index in [1.54, 1.807) is 0 Å². The van der Waals surface area contributed by atoms with Crippen molar-refractivity contribution in [2.75, 3.05) is 13.1 Å². The first kappa shape index (κ1) is 11.5. The van der Waals surface area contributed by atoms with Crippen LogP contribution < -0.4 is 11.3 Å². The fourth-order valence-electron chi connectivity index (χ4n) is 2.05. The normalized spacial score (nSPS) is 24.9. The quantitative estimate of drug-likeness (QED) is 0.393. The van der Waals surface area contributed by atoms with Gasteiger partial charge in [-0.3, -0.25) is 15.1 Å². The Morgan fingerprint density at radius 3 is 2.93 bits per heavy atom. The summed E-state index contributed by atoms with van der Waals surface area (Å²) in [6.45, 7) is 6.58. The first-order valence-corrected chi connectivity index (χ1v) is 5.40. The molecule has 4 nitrogen and oxygen atoms in total. The molecule has 0 aromatic rings. The molecule has 1 fully saturated rings. The van der Waals surface area contributed by atoms with Crippen LogP contribution in [-0.4, -0.2) is 29.9 Å². The minimum atomic E-state index is -0.0718. The smallest absolute Gasteiger partial charge is 0.235 e. The van der Waals surface area contributed by atoms with Gasteiger partial charge in [0.25, 0.3) is 0 Å². The fourth-order valence-corrected chi connectivity index (χ4v) is 2.05. The standard InChI is InChI=1S/C10H21N3O/c1-3-9-4-5-13(7-9)8(2)6-10(14)12-11/h8-9H,3-7,11H2,1-2H3,(H,12,14). The lowest BCUT2D eigenvalue weighted by atomic mass is 10.1. The van der Waals surface area contributed by atoms with E-state index >= 15 is 0 Å². The molecular formula is C10H21N3O. The minimum Gasteiger partial charge on any atom is -0.300 e. The highest BCUT2D eigenvalue weighted by Gasteiger charge is 2.25. The Labute approximate surface area is 85.8 Å². The van der Waals surface area contributed by atoms with E-state index in [1.165, 1.54) is 12.8 Å². The molecule has 0 bridgehead atoms. The van der Waals surface area contributed by atoms with Gasteiger partial charge in [0.1, 0.15) is 0 Å². The van der Waals surface area contributed by atoms with Crippen molar-refractivity contribution in [3.05, 3.63) is 0 Å². The van der Waals surface area contributed by atoms with E-state index in [4.69, 9.17) is 5.84 Å². The second-order valence-corrected chi connectivity index (χ2v) is 4.18. The molecule has 1 aliphatic heterocycles. The Hall–Kier alpha value is -0.610. The van der Waals surface area contributed by atoms with E-state index in [9.17, 15) is 4.79 Å². The van der Waals surface area contributed by atoms with Crippen molar-refractivity contribution >= 4 is 5.91 Å². The van der Waals surface area contributed by atoms with Crippen molar-refractivity contribution in [2.24, 2.45) is 11.8 Å². The molecular weight excluding hydrogens is 178 g/mol. The maximum absolute atomic E-state index is 11.1. The summed E-state index contributed by atoms with van der Waals surface area (Å²) in [7, 11) is 0. The van der Waals surface area contributed by atoms with Crippen molar-refractivity contribution in [1.29, 1.82) is 0 Å². The molecule has 14 heavy (non-hydrogen) atoms. The Morgan fingerprint density at radius 1 is 1.71 bits per heavy atom. The minimum absolute atomic E-state index is 0.0718. The maximum atomic E-state index is 11.1. The number of carbonyl (C=O) groups excluding carboxylic acids is 1. The van der Waals surface area contributed by atoms with E-state index in [-0.39, 0.29) is 5.91 Å². The van der Waals surface area contributed by atoms with Gasteiger partial charge in [-0.1, -0.05) is 13.3 Å². The number of hydrogen-bond donors (Lipinski definition) is 2. The van der Waals surface area contributed by atoms with Crippen molar-refractivity contribution in [2.45, 2.75) is 39.2 Å². The first-order chi connectivity index (χ1) is 6.67.